The number of carbonyl (C=O) groups is 1. The fourth-order valence-corrected chi connectivity index (χ4v) is 3.49. The van der Waals surface area contributed by atoms with Crippen molar-refractivity contribution < 1.29 is 18.7 Å². The molecule has 1 N–H and O–H groups in total. The minimum Gasteiger partial charge on any atom is -0.493 e. The summed E-state index contributed by atoms with van der Waals surface area (Å²) in [5, 5.41) is 2.93. The zero-order valence-electron chi connectivity index (χ0n) is 19.0. The Hall–Kier alpha value is -4.33. The van der Waals surface area contributed by atoms with Crippen molar-refractivity contribution in [1.82, 2.24) is 20.3 Å². The number of aryl methyl sites for hydroxylation is 1. The molecule has 8 heteroatoms. The number of hydrogen-bond acceptors (Lipinski definition) is 6. The Kier molecular flexibility index (Phi) is 6.77. The number of ether oxygens (including phenoxy) is 2. The quantitative estimate of drug-likeness (QED) is 0.408. The number of benzene rings is 1. The molecule has 0 bridgehead atoms. The van der Waals surface area contributed by atoms with Gasteiger partial charge in [0.25, 0.3) is 5.91 Å². The smallest absolute Gasteiger partial charge is 0.253 e. The van der Waals surface area contributed by atoms with Crippen molar-refractivity contribution in [2.75, 3.05) is 14.2 Å². The summed E-state index contributed by atoms with van der Waals surface area (Å²) in [5.41, 5.74) is 3.91. The third kappa shape index (κ3) is 4.85. The molecule has 1 aromatic carbocycles. The van der Waals surface area contributed by atoms with Gasteiger partial charge in [0.15, 0.2) is 11.5 Å². The maximum absolute atomic E-state index is 13.7. The highest BCUT2D eigenvalue weighted by atomic mass is 19.1. The van der Waals surface area contributed by atoms with Crippen LogP contribution in [0.3, 0.4) is 0 Å². The zero-order valence-corrected chi connectivity index (χ0v) is 19.0. The van der Waals surface area contributed by atoms with Crippen molar-refractivity contribution in [3.63, 3.8) is 0 Å². The molecule has 1 amide bonds. The van der Waals surface area contributed by atoms with Crippen molar-refractivity contribution in [3.8, 4) is 34.0 Å². The molecule has 0 aliphatic carbocycles. The Balaban J connectivity index is 1.67. The summed E-state index contributed by atoms with van der Waals surface area (Å²) in [7, 11) is 3.12. The first kappa shape index (κ1) is 22.8. The summed E-state index contributed by atoms with van der Waals surface area (Å²) >= 11 is 0. The number of hydrogen-bond donors (Lipinski definition) is 1. The lowest BCUT2D eigenvalue weighted by atomic mass is 10.0. The number of nitrogens with one attached hydrogen (secondary N) is 1. The fraction of sp³-hybridized carbons (Fsp3) is 0.154. The highest BCUT2D eigenvalue weighted by Gasteiger charge is 2.18. The van der Waals surface area contributed by atoms with Crippen LogP contribution < -0.4 is 14.8 Å². The minimum atomic E-state index is -0.533. The van der Waals surface area contributed by atoms with Crippen LogP contribution in [-0.4, -0.2) is 35.1 Å². The number of methoxy groups -OCH3 is 2. The highest BCUT2D eigenvalue weighted by molar-refractivity contribution is 6.00. The molecule has 0 saturated carbocycles. The summed E-state index contributed by atoms with van der Waals surface area (Å²) in [6.45, 7) is 1.90. The largest absolute Gasteiger partial charge is 0.493 e. The van der Waals surface area contributed by atoms with Crippen LogP contribution in [0.2, 0.25) is 0 Å². The van der Waals surface area contributed by atoms with Crippen LogP contribution in [0, 0.1) is 12.9 Å². The lowest BCUT2D eigenvalue weighted by Gasteiger charge is -2.13. The van der Waals surface area contributed by atoms with E-state index in [4.69, 9.17) is 9.47 Å². The average molecular weight is 458 g/mol. The number of halogens is 1. The summed E-state index contributed by atoms with van der Waals surface area (Å²) in [6, 6.07) is 14.2. The van der Waals surface area contributed by atoms with E-state index in [9.17, 15) is 9.18 Å². The summed E-state index contributed by atoms with van der Waals surface area (Å²) < 4.78 is 24.3. The van der Waals surface area contributed by atoms with Gasteiger partial charge in [-0.25, -0.2) is 4.98 Å². The predicted molar refractivity (Wildman–Crippen MR) is 126 cm³/mol. The number of pyridine rings is 3. The van der Waals surface area contributed by atoms with E-state index in [1.807, 2.05) is 12.1 Å². The number of carbonyl (C=O) groups excluding carboxylic acids is 1. The third-order valence-corrected chi connectivity index (χ3v) is 5.29. The van der Waals surface area contributed by atoms with E-state index in [0.29, 0.717) is 45.1 Å². The molecule has 3 aromatic heterocycles. The van der Waals surface area contributed by atoms with Gasteiger partial charge >= 0.3 is 0 Å². The van der Waals surface area contributed by atoms with Crippen molar-refractivity contribution in [3.05, 3.63) is 89.8 Å². The van der Waals surface area contributed by atoms with Gasteiger partial charge in [-0.3, -0.25) is 14.8 Å². The fourth-order valence-electron chi connectivity index (χ4n) is 3.49. The van der Waals surface area contributed by atoms with E-state index >= 15 is 0 Å². The second-order valence-corrected chi connectivity index (χ2v) is 7.54. The first-order chi connectivity index (χ1) is 16.5. The van der Waals surface area contributed by atoms with Crippen LogP contribution in [0.15, 0.2) is 67.1 Å². The van der Waals surface area contributed by atoms with Crippen LogP contribution in [0.4, 0.5) is 4.39 Å². The molecule has 0 atom stereocenters. The van der Waals surface area contributed by atoms with Gasteiger partial charge in [0.05, 0.1) is 25.5 Å². The highest BCUT2D eigenvalue weighted by Crippen LogP contribution is 2.28. The monoisotopic (exact) mass is 458 g/mol. The van der Waals surface area contributed by atoms with E-state index in [1.54, 1.807) is 69.9 Å². The second kappa shape index (κ2) is 10.1. The molecular formula is C26H23FN4O3. The van der Waals surface area contributed by atoms with E-state index < -0.39 is 5.95 Å². The molecule has 0 fully saturated rings. The molecule has 3 heterocycles. The van der Waals surface area contributed by atoms with Crippen LogP contribution in [0.5, 0.6) is 11.5 Å². The molecule has 0 aliphatic heterocycles. The molecule has 0 saturated heterocycles. The molecule has 172 valence electrons. The SMILES string of the molecule is COc1ccc(CNC(=O)c2cc(-c3cnc(F)c(C)c3)cnc2-c2ccccn2)cc1OC. The van der Waals surface area contributed by atoms with Crippen LogP contribution in [-0.2, 0) is 6.54 Å². The molecule has 4 rings (SSSR count). The van der Waals surface area contributed by atoms with Crippen LogP contribution in [0.1, 0.15) is 21.5 Å². The Morgan fingerprint density at radius 2 is 1.71 bits per heavy atom. The molecule has 7 nitrogen and oxygen atoms in total. The van der Waals surface area contributed by atoms with Crippen LogP contribution in [0.25, 0.3) is 22.5 Å². The maximum Gasteiger partial charge on any atom is 0.253 e. The molecule has 0 radical (unpaired) electrons. The Bertz CT molecular complexity index is 1330. The molecule has 4 aromatic rings. The van der Waals surface area contributed by atoms with Gasteiger partial charge in [-0.1, -0.05) is 12.1 Å². The molecule has 0 aliphatic rings. The van der Waals surface area contributed by atoms with Crippen molar-refractivity contribution in [2.24, 2.45) is 0 Å². The predicted octanol–water partition coefficient (Wildman–Crippen LogP) is 4.60. The number of amides is 1. The van der Waals surface area contributed by atoms with Gasteiger partial charge in [-0.15, -0.1) is 0 Å². The first-order valence-electron chi connectivity index (χ1n) is 10.5. The van der Waals surface area contributed by atoms with E-state index in [1.165, 1.54) is 6.20 Å². The van der Waals surface area contributed by atoms with Crippen molar-refractivity contribution in [2.45, 2.75) is 13.5 Å². The lowest BCUT2D eigenvalue weighted by molar-refractivity contribution is 0.0951. The number of aromatic nitrogens is 3. The van der Waals surface area contributed by atoms with E-state index in [0.717, 1.165) is 5.56 Å². The molecule has 0 unspecified atom stereocenters. The summed E-state index contributed by atoms with van der Waals surface area (Å²) in [4.78, 5) is 25.9. The standard InChI is InChI=1S/C26H23FN4O3/c1-16-10-18(15-30-25(16)27)19-12-20(24(29-14-19)21-6-4-5-9-28-21)26(32)31-13-17-7-8-22(33-2)23(11-17)34-3/h4-12,14-15H,13H2,1-3H3,(H,31,32). The number of nitrogens with zero attached hydrogens (tertiary/aromatic N) is 3. The van der Waals surface area contributed by atoms with Gasteiger partial charge in [0, 0.05) is 41.8 Å². The van der Waals surface area contributed by atoms with Crippen LogP contribution >= 0.6 is 0 Å². The Morgan fingerprint density at radius 3 is 2.41 bits per heavy atom. The minimum absolute atomic E-state index is 0.266. The van der Waals surface area contributed by atoms with E-state index in [2.05, 4.69) is 20.3 Å². The van der Waals surface area contributed by atoms with E-state index in [-0.39, 0.29) is 12.5 Å². The maximum atomic E-state index is 13.7. The third-order valence-electron chi connectivity index (χ3n) is 5.29. The van der Waals surface area contributed by atoms with Gasteiger partial charge in [0.1, 0.15) is 5.69 Å². The second-order valence-electron chi connectivity index (χ2n) is 7.54. The Morgan fingerprint density at radius 1 is 0.941 bits per heavy atom. The average Bonchev–Trinajstić information content (AvgIpc) is 2.88. The van der Waals surface area contributed by atoms with Gasteiger partial charge in [0.2, 0.25) is 5.95 Å². The topological polar surface area (TPSA) is 86.2 Å². The summed E-state index contributed by atoms with van der Waals surface area (Å²) in [5.74, 6) is 0.327. The normalized spacial score (nSPS) is 10.6. The zero-order chi connectivity index (χ0) is 24.1. The van der Waals surface area contributed by atoms with Gasteiger partial charge in [-0.2, -0.15) is 4.39 Å². The van der Waals surface area contributed by atoms with Crippen molar-refractivity contribution >= 4 is 5.91 Å². The number of rotatable bonds is 7. The summed E-state index contributed by atoms with van der Waals surface area (Å²) in [6.07, 6.45) is 4.69. The van der Waals surface area contributed by atoms with Gasteiger partial charge in [-0.05, 0) is 48.9 Å². The van der Waals surface area contributed by atoms with Gasteiger partial charge < -0.3 is 14.8 Å². The Labute approximate surface area is 196 Å². The first-order valence-corrected chi connectivity index (χ1v) is 10.5. The molecular weight excluding hydrogens is 435 g/mol. The lowest BCUT2D eigenvalue weighted by Crippen LogP contribution is -2.24. The van der Waals surface area contributed by atoms with Crippen molar-refractivity contribution in [1.29, 1.82) is 0 Å². The molecule has 0 spiro atoms. The molecule has 34 heavy (non-hydrogen) atoms.